The Hall–Kier alpha value is -3.61. The second-order valence-corrected chi connectivity index (χ2v) is 10.9. The summed E-state index contributed by atoms with van der Waals surface area (Å²) in [5.41, 5.74) is 3.06. The van der Waals surface area contributed by atoms with Crippen LogP contribution in [0.1, 0.15) is 60.5 Å². The Morgan fingerprint density at radius 1 is 1.05 bits per heavy atom. The van der Waals surface area contributed by atoms with Gasteiger partial charge in [0.15, 0.2) is 11.5 Å². The van der Waals surface area contributed by atoms with Crippen molar-refractivity contribution in [3.63, 3.8) is 0 Å². The van der Waals surface area contributed by atoms with E-state index in [0.29, 0.717) is 35.5 Å². The highest BCUT2D eigenvalue weighted by Gasteiger charge is 2.30. The van der Waals surface area contributed by atoms with Gasteiger partial charge in [0.1, 0.15) is 0 Å². The van der Waals surface area contributed by atoms with Gasteiger partial charge in [0.25, 0.3) is 11.8 Å². The van der Waals surface area contributed by atoms with Crippen molar-refractivity contribution in [3.05, 3.63) is 100 Å². The predicted octanol–water partition coefficient (Wildman–Crippen LogP) is 6.69. The number of likely N-dealkylation sites (tertiary alicyclic amines) is 1. The molecule has 1 unspecified atom stereocenters. The van der Waals surface area contributed by atoms with Gasteiger partial charge in [-0.25, -0.2) is 0 Å². The molecule has 0 bridgehead atoms. The first-order chi connectivity index (χ1) is 19.5. The number of hydrogen-bond acceptors (Lipinski definition) is 4. The predicted molar refractivity (Wildman–Crippen MR) is 161 cm³/mol. The minimum Gasteiger partial charge on any atom is -0.449 e. The number of fused-ring (bicyclic) bond motifs is 1. The van der Waals surface area contributed by atoms with Gasteiger partial charge in [0.05, 0.1) is 12.2 Å². The lowest BCUT2D eigenvalue weighted by Gasteiger charge is -2.35. The number of ether oxygens (including phenoxy) is 1. The fraction of sp³-hybridized carbons (Fsp3) is 0.333. The molecule has 0 aromatic heterocycles. The van der Waals surface area contributed by atoms with E-state index < -0.39 is 0 Å². The number of hydrogen-bond donors (Lipinski definition) is 1. The van der Waals surface area contributed by atoms with E-state index >= 15 is 0 Å². The Labute approximate surface area is 241 Å². The standard InChI is InChI=1S/C33H36ClN3O3/c1-2-28-8-5-6-20-36(28)21-7-19-35-32(38)26-15-11-24(12-16-26)22-31-33(39)37(23-25-13-17-27(34)18-14-25)29-9-3-4-10-30(29)40-31/h3-4,9-18,22,28H,2,5-8,19-21,23H2,1H3,(H,35,38). The highest BCUT2D eigenvalue weighted by atomic mass is 35.5. The molecule has 40 heavy (non-hydrogen) atoms. The summed E-state index contributed by atoms with van der Waals surface area (Å²) in [4.78, 5) is 30.5. The molecule has 1 N–H and O–H groups in total. The van der Waals surface area contributed by atoms with Crippen LogP contribution in [0.25, 0.3) is 6.08 Å². The number of carbonyl (C=O) groups excluding carboxylic acids is 2. The summed E-state index contributed by atoms with van der Waals surface area (Å²) in [5.74, 6) is 0.536. The third-order valence-electron chi connectivity index (χ3n) is 7.68. The van der Waals surface area contributed by atoms with E-state index in [4.69, 9.17) is 16.3 Å². The van der Waals surface area contributed by atoms with Crippen LogP contribution >= 0.6 is 11.6 Å². The van der Waals surface area contributed by atoms with Crippen LogP contribution in [-0.2, 0) is 11.3 Å². The van der Waals surface area contributed by atoms with Crippen molar-refractivity contribution >= 4 is 35.2 Å². The molecule has 1 fully saturated rings. The third-order valence-corrected chi connectivity index (χ3v) is 7.94. The van der Waals surface area contributed by atoms with Gasteiger partial charge in [-0.1, -0.05) is 61.3 Å². The van der Waals surface area contributed by atoms with Crippen molar-refractivity contribution in [1.29, 1.82) is 0 Å². The van der Waals surface area contributed by atoms with Gasteiger partial charge in [-0.2, -0.15) is 0 Å². The highest BCUT2D eigenvalue weighted by Crippen LogP contribution is 2.36. The third kappa shape index (κ3) is 6.75. The molecule has 0 spiro atoms. The molecule has 1 saturated heterocycles. The fourth-order valence-corrected chi connectivity index (χ4v) is 5.60. The van der Waals surface area contributed by atoms with Crippen molar-refractivity contribution in [2.45, 2.75) is 51.6 Å². The van der Waals surface area contributed by atoms with Crippen LogP contribution in [0.3, 0.4) is 0 Å². The largest absolute Gasteiger partial charge is 0.449 e. The summed E-state index contributed by atoms with van der Waals surface area (Å²) in [6.07, 6.45) is 7.74. The number of nitrogens with zero attached hydrogens (tertiary/aromatic N) is 2. The molecule has 6 nitrogen and oxygen atoms in total. The number of rotatable bonds is 9. The molecule has 0 radical (unpaired) electrons. The molecule has 3 aromatic carbocycles. The van der Waals surface area contributed by atoms with E-state index in [1.165, 1.54) is 32.2 Å². The van der Waals surface area contributed by atoms with Crippen molar-refractivity contribution in [1.82, 2.24) is 10.2 Å². The average Bonchev–Trinajstić information content (AvgIpc) is 2.99. The molecular formula is C33H36ClN3O3. The van der Waals surface area contributed by atoms with Crippen molar-refractivity contribution < 1.29 is 14.3 Å². The Balaban J connectivity index is 1.21. The molecule has 3 aromatic rings. The SMILES string of the molecule is CCC1CCCCN1CCCNC(=O)c1ccc(C=C2Oc3ccccc3N(Cc3ccc(Cl)cc3)C2=O)cc1. The number of anilines is 1. The van der Waals surface area contributed by atoms with E-state index in [9.17, 15) is 9.59 Å². The zero-order chi connectivity index (χ0) is 27.9. The summed E-state index contributed by atoms with van der Waals surface area (Å²) in [5, 5.41) is 3.70. The van der Waals surface area contributed by atoms with Gasteiger partial charge < -0.3 is 15.0 Å². The summed E-state index contributed by atoms with van der Waals surface area (Å²) in [6.45, 7) is 5.50. The van der Waals surface area contributed by atoms with Gasteiger partial charge in [-0.15, -0.1) is 0 Å². The van der Waals surface area contributed by atoms with Crippen LogP contribution in [0.5, 0.6) is 5.75 Å². The number of nitrogens with one attached hydrogen (secondary N) is 1. The smallest absolute Gasteiger partial charge is 0.294 e. The summed E-state index contributed by atoms with van der Waals surface area (Å²) >= 11 is 6.04. The molecule has 5 rings (SSSR count). The molecule has 2 aliphatic rings. The van der Waals surface area contributed by atoms with Crippen LogP contribution in [0, 0.1) is 0 Å². The first kappa shape index (κ1) is 27.9. The summed E-state index contributed by atoms with van der Waals surface area (Å²) < 4.78 is 6.01. The van der Waals surface area contributed by atoms with Gasteiger partial charge >= 0.3 is 0 Å². The van der Waals surface area contributed by atoms with E-state index in [-0.39, 0.29) is 17.6 Å². The van der Waals surface area contributed by atoms with Gasteiger partial charge in [-0.05, 0) is 85.8 Å². The lowest BCUT2D eigenvalue weighted by Crippen LogP contribution is -2.40. The second-order valence-electron chi connectivity index (χ2n) is 10.4. The molecule has 2 amide bonds. The van der Waals surface area contributed by atoms with E-state index in [1.807, 2.05) is 60.7 Å². The number of benzene rings is 3. The molecule has 0 saturated carbocycles. The van der Waals surface area contributed by atoms with Crippen molar-refractivity contribution in [3.8, 4) is 5.75 Å². The maximum Gasteiger partial charge on any atom is 0.294 e. The number of halogens is 1. The normalized spacial score (nSPS) is 18.4. The van der Waals surface area contributed by atoms with Gasteiger partial charge in [-0.3, -0.25) is 14.5 Å². The van der Waals surface area contributed by atoms with E-state index in [0.717, 1.165) is 29.8 Å². The Morgan fingerprint density at radius 3 is 2.60 bits per heavy atom. The fourth-order valence-electron chi connectivity index (χ4n) is 5.48. The van der Waals surface area contributed by atoms with Crippen LogP contribution in [0.4, 0.5) is 5.69 Å². The number of para-hydroxylation sites is 2. The molecule has 0 aliphatic carbocycles. The van der Waals surface area contributed by atoms with Crippen molar-refractivity contribution in [2.24, 2.45) is 0 Å². The van der Waals surface area contributed by atoms with Gasteiger partial charge in [0.2, 0.25) is 0 Å². The monoisotopic (exact) mass is 557 g/mol. The second kappa shape index (κ2) is 13.2. The van der Waals surface area contributed by atoms with Crippen LogP contribution in [-0.4, -0.2) is 42.4 Å². The number of amides is 2. The topological polar surface area (TPSA) is 61.9 Å². The van der Waals surface area contributed by atoms with Gasteiger partial charge in [0, 0.05) is 29.7 Å². The maximum atomic E-state index is 13.5. The number of piperidine rings is 1. The summed E-state index contributed by atoms with van der Waals surface area (Å²) in [7, 11) is 0. The van der Waals surface area contributed by atoms with E-state index in [2.05, 4.69) is 17.1 Å². The first-order valence-corrected chi connectivity index (χ1v) is 14.6. The Morgan fingerprint density at radius 2 is 1.82 bits per heavy atom. The average molecular weight is 558 g/mol. The first-order valence-electron chi connectivity index (χ1n) is 14.2. The molecule has 2 aliphatic heterocycles. The Kier molecular flexibility index (Phi) is 9.19. The molecule has 2 heterocycles. The van der Waals surface area contributed by atoms with Crippen molar-refractivity contribution in [2.75, 3.05) is 24.5 Å². The summed E-state index contributed by atoms with van der Waals surface area (Å²) in [6, 6.07) is 22.9. The maximum absolute atomic E-state index is 13.5. The quantitative estimate of drug-likeness (QED) is 0.235. The lowest BCUT2D eigenvalue weighted by atomic mass is 10.00. The zero-order valence-corrected chi connectivity index (χ0v) is 23.7. The minimum atomic E-state index is -0.227. The molecule has 1 atom stereocenters. The van der Waals surface area contributed by atoms with Crippen LogP contribution < -0.4 is 15.0 Å². The lowest BCUT2D eigenvalue weighted by molar-refractivity contribution is -0.117. The van der Waals surface area contributed by atoms with Crippen LogP contribution in [0.2, 0.25) is 5.02 Å². The highest BCUT2D eigenvalue weighted by molar-refractivity contribution is 6.30. The zero-order valence-electron chi connectivity index (χ0n) is 22.9. The Bertz CT molecular complexity index is 1350. The van der Waals surface area contributed by atoms with E-state index in [1.54, 1.807) is 23.1 Å². The molecule has 208 valence electrons. The number of carbonyl (C=O) groups is 2. The molecule has 7 heteroatoms. The molecular weight excluding hydrogens is 522 g/mol. The minimum absolute atomic E-state index is 0.0852. The van der Waals surface area contributed by atoms with Crippen LogP contribution in [0.15, 0.2) is 78.6 Å².